The molecule has 1 aromatic carbocycles. The molecule has 1 fully saturated rings. The van der Waals surface area contributed by atoms with E-state index < -0.39 is 0 Å². The Bertz CT molecular complexity index is 385. The van der Waals surface area contributed by atoms with E-state index in [-0.39, 0.29) is 18.0 Å². The van der Waals surface area contributed by atoms with E-state index in [4.69, 9.17) is 0 Å². The van der Waals surface area contributed by atoms with Crippen molar-refractivity contribution in [3.63, 3.8) is 0 Å². The lowest BCUT2D eigenvalue weighted by Gasteiger charge is -2.17. The normalized spacial score (nSPS) is 21.2. The number of carbonyl (C=O) groups excluding carboxylic acids is 1. The van der Waals surface area contributed by atoms with E-state index in [9.17, 15) is 4.79 Å². The quantitative estimate of drug-likeness (QED) is 0.899. The first kappa shape index (κ1) is 12.6. The van der Waals surface area contributed by atoms with Gasteiger partial charge in [-0.15, -0.1) is 0 Å². The molecule has 0 spiro atoms. The van der Waals surface area contributed by atoms with E-state index in [0.717, 1.165) is 29.4 Å². The van der Waals surface area contributed by atoms with Crippen LogP contribution < -0.4 is 10.6 Å². The van der Waals surface area contributed by atoms with Crippen molar-refractivity contribution in [2.45, 2.75) is 31.8 Å². The summed E-state index contributed by atoms with van der Waals surface area (Å²) in [7, 11) is 0. The van der Waals surface area contributed by atoms with Gasteiger partial charge < -0.3 is 10.6 Å². The van der Waals surface area contributed by atoms with Crippen molar-refractivity contribution in [3.05, 3.63) is 34.3 Å². The van der Waals surface area contributed by atoms with Crippen LogP contribution in [0.1, 0.15) is 31.4 Å². The zero-order valence-electron chi connectivity index (χ0n) is 9.87. The summed E-state index contributed by atoms with van der Waals surface area (Å²) < 4.78 is 1.05. The van der Waals surface area contributed by atoms with Crippen LogP contribution in [0.3, 0.4) is 0 Å². The van der Waals surface area contributed by atoms with E-state index in [1.54, 1.807) is 0 Å². The minimum Gasteiger partial charge on any atom is -0.348 e. The number of rotatable bonds is 3. The Morgan fingerprint density at radius 1 is 1.47 bits per heavy atom. The first-order valence-electron chi connectivity index (χ1n) is 5.96. The van der Waals surface area contributed by atoms with Gasteiger partial charge in [0.25, 0.3) is 0 Å². The summed E-state index contributed by atoms with van der Waals surface area (Å²) in [5.41, 5.74) is 1.12. The van der Waals surface area contributed by atoms with Crippen LogP contribution in [0, 0.1) is 0 Å². The molecule has 1 amide bonds. The molecule has 0 aliphatic carbocycles. The maximum absolute atomic E-state index is 11.9. The lowest BCUT2D eigenvalue weighted by atomic mass is 10.1. The minimum absolute atomic E-state index is 0.00658. The van der Waals surface area contributed by atoms with Gasteiger partial charge in [0.05, 0.1) is 12.1 Å². The number of carbonyl (C=O) groups is 1. The Morgan fingerprint density at radius 2 is 2.18 bits per heavy atom. The standard InChI is InChI=1S/C13H17BrN2O/c1-9(10-4-6-11(14)7-5-10)16-13(17)12-3-2-8-15-12/h4-7,9,12,15H,2-3,8H2,1H3,(H,16,17)/t9-,12-/m0/s1. The third-order valence-corrected chi connectivity index (χ3v) is 3.63. The van der Waals surface area contributed by atoms with Crippen molar-refractivity contribution in [1.29, 1.82) is 0 Å². The molecule has 1 heterocycles. The van der Waals surface area contributed by atoms with Crippen LogP contribution in [0.5, 0.6) is 0 Å². The second kappa shape index (κ2) is 5.65. The molecular weight excluding hydrogens is 280 g/mol. The van der Waals surface area contributed by atoms with Gasteiger partial charge in [0.15, 0.2) is 0 Å². The van der Waals surface area contributed by atoms with Gasteiger partial charge in [0.1, 0.15) is 0 Å². The third-order valence-electron chi connectivity index (χ3n) is 3.11. The van der Waals surface area contributed by atoms with E-state index in [2.05, 4.69) is 26.6 Å². The lowest BCUT2D eigenvalue weighted by molar-refractivity contribution is -0.123. The number of halogens is 1. The number of benzene rings is 1. The Morgan fingerprint density at radius 3 is 2.76 bits per heavy atom. The van der Waals surface area contributed by atoms with Crippen LogP contribution in [0.25, 0.3) is 0 Å². The zero-order chi connectivity index (χ0) is 12.3. The fraction of sp³-hybridized carbons (Fsp3) is 0.462. The van der Waals surface area contributed by atoms with Gasteiger partial charge in [0.2, 0.25) is 5.91 Å². The highest BCUT2D eigenvalue weighted by atomic mass is 79.9. The number of hydrogen-bond donors (Lipinski definition) is 2. The molecule has 0 unspecified atom stereocenters. The van der Waals surface area contributed by atoms with Gasteiger partial charge in [-0.2, -0.15) is 0 Å². The molecule has 2 rings (SSSR count). The molecule has 0 saturated carbocycles. The van der Waals surface area contributed by atoms with Crippen LogP contribution in [0.2, 0.25) is 0 Å². The molecule has 17 heavy (non-hydrogen) atoms. The average molecular weight is 297 g/mol. The molecule has 2 atom stereocenters. The van der Waals surface area contributed by atoms with Crippen molar-refractivity contribution in [1.82, 2.24) is 10.6 Å². The van der Waals surface area contributed by atoms with Crippen molar-refractivity contribution < 1.29 is 4.79 Å². The third kappa shape index (κ3) is 3.30. The predicted octanol–water partition coefficient (Wildman–Crippen LogP) is 2.38. The molecule has 2 N–H and O–H groups in total. The molecule has 92 valence electrons. The Kier molecular flexibility index (Phi) is 4.18. The molecule has 3 nitrogen and oxygen atoms in total. The van der Waals surface area contributed by atoms with Crippen molar-refractivity contribution in [2.75, 3.05) is 6.54 Å². The first-order chi connectivity index (χ1) is 8.16. The summed E-state index contributed by atoms with van der Waals surface area (Å²) in [5.74, 6) is 0.109. The highest BCUT2D eigenvalue weighted by Gasteiger charge is 2.23. The fourth-order valence-electron chi connectivity index (χ4n) is 2.06. The molecule has 1 saturated heterocycles. The monoisotopic (exact) mass is 296 g/mol. The average Bonchev–Trinajstić information content (AvgIpc) is 2.83. The predicted molar refractivity (Wildman–Crippen MR) is 71.7 cm³/mol. The molecular formula is C13H17BrN2O. The summed E-state index contributed by atoms with van der Waals surface area (Å²) >= 11 is 3.40. The summed E-state index contributed by atoms with van der Waals surface area (Å²) in [4.78, 5) is 11.9. The topological polar surface area (TPSA) is 41.1 Å². The molecule has 1 aromatic rings. The summed E-state index contributed by atoms with van der Waals surface area (Å²) in [5, 5.41) is 6.24. The summed E-state index contributed by atoms with van der Waals surface area (Å²) in [6.45, 7) is 2.96. The van der Waals surface area contributed by atoms with E-state index in [0.29, 0.717) is 0 Å². The Labute approximate surface area is 110 Å². The lowest BCUT2D eigenvalue weighted by Crippen LogP contribution is -2.41. The van der Waals surface area contributed by atoms with Crippen LogP contribution in [-0.2, 0) is 4.79 Å². The first-order valence-corrected chi connectivity index (χ1v) is 6.75. The van der Waals surface area contributed by atoms with Crippen LogP contribution >= 0.6 is 15.9 Å². The molecule has 0 bridgehead atoms. The zero-order valence-corrected chi connectivity index (χ0v) is 11.5. The summed E-state index contributed by atoms with van der Waals surface area (Å²) in [6.07, 6.45) is 2.03. The van der Waals surface area contributed by atoms with Crippen LogP contribution in [0.15, 0.2) is 28.7 Å². The second-order valence-electron chi connectivity index (χ2n) is 4.43. The van der Waals surface area contributed by atoms with Gasteiger partial charge in [-0.1, -0.05) is 28.1 Å². The minimum atomic E-state index is -0.00658. The SMILES string of the molecule is C[C@H](NC(=O)[C@@H]1CCCN1)c1ccc(Br)cc1. The van der Waals surface area contributed by atoms with Crippen molar-refractivity contribution >= 4 is 21.8 Å². The van der Waals surface area contributed by atoms with Gasteiger partial charge in [-0.05, 0) is 44.0 Å². The highest BCUT2D eigenvalue weighted by molar-refractivity contribution is 9.10. The smallest absolute Gasteiger partial charge is 0.237 e. The Hall–Kier alpha value is -0.870. The second-order valence-corrected chi connectivity index (χ2v) is 5.35. The highest BCUT2D eigenvalue weighted by Crippen LogP contribution is 2.17. The van der Waals surface area contributed by atoms with E-state index in [1.165, 1.54) is 0 Å². The molecule has 0 radical (unpaired) electrons. The van der Waals surface area contributed by atoms with Gasteiger partial charge >= 0.3 is 0 Å². The van der Waals surface area contributed by atoms with E-state index >= 15 is 0 Å². The Balaban J connectivity index is 1.93. The molecule has 1 aliphatic heterocycles. The molecule has 4 heteroatoms. The number of nitrogens with one attached hydrogen (secondary N) is 2. The maximum Gasteiger partial charge on any atom is 0.237 e. The molecule has 1 aliphatic rings. The van der Waals surface area contributed by atoms with Gasteiger partial charge in [0, 0.05) is 4.47 Å². The largest absolute Gasteiger partial charge is 0.348 e. The van der Waals surface area contributed by atoms with Crippen molar-refractivity contribution in [3.8, 4) is 0 Å². The van der Waals surface area contributed by atoms with Gasteiger partial charge in [-0.25, -0.2) is 0 Å². The van der Waals surface area contributed by atoms with Gasteiger partial charge in [-0.3, -0.25) is 4.79 Å². The summed E-state index contributed by atoms with van der Waals surface area (Å²) in [6, 6.07) is 8.08. The van der Waals surface area contributed by atoms with E-state index in [1.807, 2.05) is 31.2 Å². The fourth-order valence-corrected chi connectivity index (χ4v) is 2.32. The van der Waals surface area contributed by atoms with Crippen molar-refractivity contribution in [2.24, 2.45) is 0 Å². The van der Waals surface area contributed by atoms with Crippen LogP contribution in [-0.4, -0.2) is 18.5 Å². The maximum atomic E-state index is 11.9. The molecule has 0 aromatic heterocycles. The number of hydrogen-bond acceptors (Lipinski definition) is 2. The van der Waals surface area contributed by atoms with Crippen LogP contribution in [0.4, 0.5) is 0 Å². The number of amides is 1.